The van der Waals surface area contributed by atoms with Gasteiger partial charge in [-0.15, -0.1) is 0 Å². The quantitative estimate of drug-likeness (QED) is 0.773. The third-order valence-electron chi connectivity index (χ3n) is 2.52. The van der Waals surface area contributed by atoms with Crippen molar-refractivity contribution in [2.24, 2.45) is 5.73 Å². The topological polar surface area (TPSA) is 29.3 Å². The average Bonchev–Trinajstić information content (AvgIpc) is 2.21. The summed E-state index contributed by atoms with van der Waals surface area (Å²) in [7, 11) is 2.13. The molecule has 0 radical (unpaired) electrons. The lowest BCUT2D eigenvalue weighted by atomic mass is 10.1. The summed E-state index contributed by atoms with van der Waals surface area (Å²) in [6.07, 6.45) is 1.17. The number of likely N-dealkylation sites (N-methyl/N-ethyl adjacent to an activating group) is 1. The van der Waals surface area contributed by atoms with E-state index in [1.54, 1.807) is 0 Å². The molecule has 0 bridgehead atoms. The normalized spacial score (nSPS) is 13.1. The molecule has 0 aromatic heterocycles. The Morgan fingerprint density at radius 3 is 2.43 bits per heavy atom. The minimum atomic E-state index is 0.358. The third-order valence-corrected chi connectivity index (χ3v) is 2.52. The molecule has 14 heavy (non-hydrogen) atoms. The second kappa shape index (κ2) is 5.78. The van der Waals surface area contributed by atoms with Gasteiger partial charge in [0.05, 0.1) is 0 Å². The lowest BCUT2D eigenvalue weighted by Gasteiger charge is -2.26. The number of hydrogen-bond donors (Lipinski definition) is 1. The van der Waals surface area contributed by atoms with Gasteiger partial charge in [0.15, 0.2) is 0 Å². The highest BCUT2D eigenvalue weighted by molar-refractivity contribution is 5.19. The predicted octanol–water partition coefficient (Wildman–Crippen LogP) is 2.03. The second-order valence-corrected chi connectivity index (χ2v) is 3.64. The van der Waals surface area contributed by atoms with Crippen molar-refractivity contribution < 1.29 is 0 Å². The number of benzene rings is 1. The number of nitrogens with zero attached hydrogens (tertiary/aromatic N) is 1. The molecule has 1 unspecified atom stereocenters. The van der Waals surface area contributed by atoms with Crippen molar-refractivity contribution in [2.75, 3.05) is 20.1 Å². The Kier molecular flexibility index (Phi) is 4.63. The standard InChI is InChI=1S/C12H20N2/c1-3-9-14(2)12(10-13)11-7-5-4-6-8-11/h4-8,12H,3,9-10,13H2,1-2H3. The van der Waals surface area contributed by atoms with Crippen LogP contribution in [0.1, 0.15) is 24.9 Å². The van der Waals surface area contributed by atoms with Crippen LogP contribution in [0.4, 0.5) is 0 Å². The molecule has 1 aromatic rings. The van der Waals surface area contributed by atoms with Gasteiger partial charge >= 0.3 is 0 Å². The minimum absolute atomic E-state index is 0.358. The molecule has 2 nitrogen and oxygen atoms in total. The Morgan fingerprint density at radius 2 is 1.93 bits per heavy atom. The highest BCUT2D eigenvalue weighted by Crippen LogP contribution is 2.17. The van der Waals surface area contributed by atoms with E-state index in [4.69, 9.17) is 5.73 Å². The molecule has 1 rings (SSSR count). The van der Waals surface area contributed by atoms with Crippen LogP contribution in [-0.4, -0.2) is 25.0 Å². The molecular formula is C12H20N2. The minimum Gasteiger partial charge on any atom is -0.329 e. The lowest BCUT2D eigenvalue weighted by molar-refractivity contribution is 0.251. The molecular weight excluding hydrogens is 172 g/mol. The summed E-state index contributed by atoms with van der Waals surface area (Å²) in [5.41, 5.74) is 7.11. The predicted molar refractivity (Wildman–Crippen MR) is 61.2 cm³/mol. The summed E-state index contributed by atoms with van der Waals surface area (Å²) in [6, 6.07) is 10.8. The largest absolute Gasteiger partial charge is 0.329 e. The Bertz CT molecular complexity index is 246. The third kappa shape index (κ3) is 2.82. The molecule has 0 fully saturated rings. The summed E-state index contributed by atoms with van der Waals surface area (Å²) in [5, 5.41) is 0. The van der Waals surface area contributed by atoms with Gasteiger partial charge in [-0.3, -0.25) is 4.90 Å². The highest BCUT2D eigenvalue weighted by Gasteiger charge is 2.13. The first kappa shape index (κ1) is 11.2. The second-order valence-electron chi connectivity index (χ2n) is 3.64. The van der Waals surface area contributed by atoms with Gasteiger partial charge in [0, 0.05) is 12.6 Å². The first-order valence-electron chi connectivity index (χ1n) is 5.24. The van der Waals surface area contributed by atoms with E-state index in [1.165, 1.54) is 12.0 Å². The molecule has 0 aliphatic carbocycles. The first-order chi connectivity index (χ1) is 6.79. The zero-order valence-corrected chi connectivity index (χ0v) is 9.11. The Labute approximate surface area is 86.7 Å². The van der Waals surface area contributed by atoms with Gasteiger partial charge in [0.2, 0.25) is 0 Å². The van der Waals surface area contributed by atoms with E-state index >= 15 is 0 Å². The molecule has 0 spiro atoms. The van der Waals surface area contributed by atoms with Gasteiger partial charge in [-0.25, -0.2) is 0 Å². The molecule has 1 aromatic carbocycles. The van der Waals surface area contributed by atoms with Crippen LogP contribution in [0.15, 0.2) is 30.3 Å². The molecule has 1 atom stereocenters. The fourth-order valence-corrected chi connectivity index (χ4v) is 1.75. The van der Waals surface area contributed by atoms with Gasteiger partial charge in [-0.2, -0.15) is 0 Å². The van der Waals surface area contributed by atoms with Gasteiger partial charge in [-0.05, 0) is 25.6 Å². The van der Waals surface area contributed by atoms with E-state index in [0.717, 1.165) is 6.54 Å². The summed E-state index contributed by atoms with van der Waals surface area (Å²) in [6.45, 7) is 3.96. The number of nitrogens with two attached hydrogens (primary N) is 1. The highest BCUT2D eigenvalue weighted by atomic mass is 15.1. The zero-order chi connectivity index (χ0) is 10.4. The molecule has 0 heterocycles. The molecule has 0 saturated heterocycles. The van der Waals surface area contributed by atoms with Crippen LogP contribution in [0.2, 0.25) is 0 Å². The fourth-order valence-electron chi connectivity index (χ4n) is 1.75. The van der Waals surface area contributed by atoms with Crippen molar-refractivity contribution in [2.45, 2.75) is 19.4 Å². The summed E-state index contributed by atoms with van der Waals surface area (Å²) >= 11 is 0. The van der Waals surface area contributed by atoms with Crippen LogP contribution in [0, 0.1) is 0 Å². The zero-order valence-electron chi connectivity index (χ0n) is 9.11. The van der Waals surface area contributed by atoms with Gasteiger partial charge in [0.25, 0.3) is 0 Å². The van der Waals surface area contributed by atoms with E-state index in [-0.39, 0.29) is 0 Å². The summed E-state index contributed by atoms with van der Waals surface area (Å²) in [4.78, 5) is 2.31. The van der Waals surface area contributed by atoms with Crippen LogP contribution in [-0.2, 0) is 0 Å². The van der Waals surface area contributed by atoms with Crippen molar-refractivity contribution in [3.8, 4) is 0 Å². The van der Waals surface area contributed by atoms with Crippen LogP contribution < -0.4 is 5.73 Å². The van der Waals surface area contributed by atoms with E-state index in [2.05, 4.69) is 43.1 Å². The summed E-state index contributed by atoms with van der Waals surface area (Å²) < 4.78 is 0. The van der Waals surface area contributed by atoms with E-state index < -0.39 is 0 Å². The van der Waals surface area contributed by atoms with Crippen molar-refractivity contribution >= 4 is 0 Å². The van der Waals surface area contributed by atoms with E-state index in [9.17, 15) is 0 Å². The van der Waals surface area contributed by atoms with Crippen molar-refractivity contribution in [1.29, 1.82) is 0 Å². The molecule has 78 valence electrons. The Morgan fingerprint density at radius 1 is 1.29 bits per heavy atom. The van der Waals surface area contributed by atoms with Gasteiger partial charge in [-0.1, -0.05) is 37.3 Å². The maximum absolute atomic E-state index is 5.79. The average molecular weight is 192 g/mol. The van der Waals surface area contributed by atoms with Crippen molar-refractivity contribution in [1.82, 2.24) is 4.90 Å². The van der Waals surface area contributed by atoms with Gasteiger partial charge < -0.3 is 5.73 Å². The van der Waals surface area contributed by atoms with E-state index in [1.807, 2.05) is 6.07 Å². The summed E-state index contributed by atoms with van der Waals surface area (Å²) in [5.74, 6) is 0. The maximum Gasteiger partial charge on any atom is 0.0467 e. The smallest absolute Gasteiger partial charge is 0.0467 e. The van der Waals surface area contributed by atoms with Crippen LogP contribution >= 0.6 is 0 Å². The number of rotatable bonds is 5. The van der Waals surface area contributed by atoms with Crippen molar-refractivity contribution in [3.05, 3.63) is 35.9 Å². The van der Waals surface area contributed by atoms with Crippen LogP contribution in [0.5, 0.6) is 0 Å². The molecule has 0 aliphatic heterocycles. The molecule has 0 aliphatic rings. The Hall–Kier alpha value is -0.860. The van der Waals surface area contributed by atoms with Gasteiger partial charge in [0.1, 0.15) is 0 Å². The van der Waals surface area contributed by atoms with Crippen LogP contribution in [0.3, 0.4) is 0 Å². The van der Waals surface area contributed by atoms with Crippen molar-refractivity contribution in [3.63, 3.8) is 0 Å². The molecule has 2 N–H and O–H groups in total. The molecule has 2 heteroatoms. The lowest BCUT2D eigenvalue weighted by Crippen LogP contribution is -2.31. The molecule has 0 saturated carbocycles. The number of hydrogen-bond acceptors (Lipinski definition) is 2. The monoisotopic (exact) mass is 192 g/mol. The fraction of sp³-hybridized carbons (Fsp3) is 0.500. The molecule has 0 amide bonds. The SMILES string of the molecule is CCCN(C)C(CN)c1ccccc1. The Balaban J connectivity index is 2.71. The maximum atomic E-state index is 5.79. The van der Waals surface area contributed by atoms with Crippen LogP contribution in [0.25, 0.3) is 0 Å². The first-order valence-corrected chi connectivity index (χ1v) is 5.24. The van der Waals surface area contributed by atoms with E-state index in [0.29, 0.717) is 12.6 Å².